The number of hydrogen-bond acceptors (Lipinski definition) is 4. The Balaban J connectivity index is 1.34. The van der Waals surface area contributed by atoms with Crippen molar-refractivity contribution >= 4 is 28.6 Å². The molecule has 0 saturated carbocycles. The normalized spacial score (nSPS) is 11.9. The van der Waals surface area contributed by atoms with Crippen LogP contribution in [0.5, 0.6) is 0 Å². The number of rotatable bonds is 4. The van der Waals surface area contributed by atoms with Crippen molar-refractivity contribution in [1.82, 2.24) is 19.5 Å². The number of aromatic nitrogens is 4. The van der Waals surface area contributed by atoms with Crippen LogP contribution in [0.25, 0.3) is 61.5 Å². The molecule has 1 aliphatic rings. The van der Waals surface area contributed by atoms with Crippen molar-refractivity contribution in [3.8, 4) is 50.5 Å². The molecule has 8 aromatic rings. The second kappa shape index (κ2) is 10.7. The van der Waals surface area contributed by atoms with Crippen LogP contribution in [0.3, 0.4) is 0 Å². The fourth-order valence-corrected chi connectivity index (χ4v) is 6.43. The minimum absolute atomic E-state index is 0.554. The fourth-order valence-electron chi connectivity index (χ4n) is 6.43. The van der Waals surface area contributed by atoms with Gasteiger partial charge >= 0.3 is 0 Å². The number of benzene rings is 6. The molecule has 0 atom stereocenters. The summed E-state index contributed by atoms with van der Waals surface area (Å²) in [4.78, 5) is 17.9. The van der Waals surface area contributed by atoms with Crippen LogP contribution in [-0.2, 0) is 0 Å². The summed E-state index contributed by atoms with van der Waals surface area (Å²) < 4.78 is 2.24. The van der Waals surface area contributed by atoms with Gasteiger partial charge in [0.1, 0.15) is 0 Å². The summed E-state index contributed by atoms with van der Waals surface area (Å²) in [5.41, 5.74) is 12.2. The molecule has 0 N–H and O–H groups in total. The van der Waals surface area contributed by atoms with Gasteiger partial charge in [0, 0.05) is 22.3 Å². The number of hydrogen-bond donors (Lipinski definition) is 0. The minimum atomic E-state index is 0.554. The van der Waals surface area contributed by atoms with Gasteiger partial charge in [0.25, 0.3) is 0 Å². The highest BCUT2D eigenvalue weighted by atomic mass is 15.4. The molecule has 6 aromatic carbocycles. The van der Waals surface area contributed by atoms with E-state index in [2.05, 4.69) is 143 Å². The maximum Gasteiger partial charge on any atom is 0.238 e. The summed E-state index contributed by atoms with van der Waals surface area (Å²) in [5, 5.41) is 0. The topological polar surface area (TPSA) is 46.8 Å². The van der Waals surface area contributed by atoms with E-state index in [0.29, 0.717) is 5.95 Å². The van der Waals surface area contributed by atoms with E-state index in [-0.39, 0.29) is 0 Å². The van der Waals surface area contributed by atoms with E-state index in [4.69, 9.17) is 15.0 Å². The van der Waals surface area contributed by atoms with Crippen molar-refractivity contribution in [2.75, 3.05) is 4.90 Å². The maximum absolute atomic E-state index is 5.32. The van der Waals surface area contributed by atoms with Crippen LogP contribution >= 0.6 is 0 Å². The Labute approximate surface area is 266 Å². The van der Waals surface area contributed by atoms with Gasteiger partial charge in [-0.05, 0) is 47.5 Å². The predicted octanol–water partition coefficient (Wildman–Crippen LogP) is 10.3. The summed E-state index contributed by atoms with van der Waals surface area (Å²) in [6.45, 7) is 0. The first-order valence-corrected chi connectivity index (χ1v) is 15.4. The van der Waals surface area contributed by atoms with Crippen LogP contribution in [0.2, 0.25) is 0 Å². The molecule has 5 nitrogen and oxygen atoms in total. The number of imidazole rings is 1. The Hall–Kier alpha value is -6.33. The first-order chi connectivity index (χ1) is 22.8. The molecule has 0 saturated heterocycles. The zero-order valence-corrected chi connectivity index (χ0v) is 24.8. The van der Waals surface area contributed by atoms with E-state index < -0.39 is 0 Å². The Morgan fingerprint density at radius 2 is 0.957 bits per heavy atom. The average molecular weight is 590 g/mol. The van der Waals surface area contributed by atoms with Crippen LogP contribution in [0.1, 0.15) is 0 Å². The Kier molecular flexibility index (Phi) is 6.06. The molecule has 9 rings (SSSR count). The summed E-state index contributed by atoms with van der Waals surface area (Å²) in [6, 6.07) is 56.7. The molecular weight excluding hydrogens is 562 g/mol. The van der Waals surface area contributed by atoms with Gasteiger partial charge in [-0.3, -0.25) is 4.57 Å². The monoisotopic (exact) mass is 589 g/mol. The Morgan fingerprint density at radius 3 is 1.74 bits per heavy atom. The van der Waals surface area contributed by atoms with E-state index in [1.165, 1.54) is 0 Å². The van der Waals surface area contributed by atoms with Crippen LogP contribution < -0.4 is 4.90 Å². The highest BCUT2D eigenvalue weighted by Crippen LogP contribution is 2.47. The fraction of sp³-hybridized carbons (Fsp3) is 0. The molecule has 1 aliphatic heterocycles. The SMILES string of the molecule is c1ccc(-c2cccc(-c3cc(-c4ccccc4)nc(N4c5ccccc5-c5ccccc5-n5c4nc4ccccc45)n3)c2)cc1. The van der Waals surface area contributed by atoms with Crippen LogP contribution in [0.15, 0.2) is 164 Å². The first-order valence-electron chi connectivity index (χ1n) is 15.4. The highest BCUT2D eigenvalue weighted by Gasteiger charge is 2.31. The molecule has 0 fully saturated rings. The van der Waals surface area contributed by atoms with Crippen LogP contribution in [0, 0.1) is 0 Å². The van der Waals surface area contributed by atoms with E-state index in [9.17, 15) is 0 Å². The summed E-state index contributed by atoms with van der Waals surface area (Å²) in [7, 11) is 0. The van der Waals surface area contributed by atoms with Crippen molar-refractivity contribution in [3.63, 3.8) is 0 Å². The molecule has 5 heteroatoms. The Morgan fingerprint density at radius 1 is 0.391 bits per heavy atom. The van der Waals surface area contributed by atoms with E-state index in [0.717, 1.165) is 73.1 Å². The van der Waals surface area contributed by atoms with Gasteiger partial charge in [0.05, 0.1) is 33.8 Å². The smallest absolute Gasteiger partial charge is 0.238 e. The van der Waals surface area contributed by atoms with Gasteiger partial charge in [0.15, 0.2) is 0 Å². The predicted molar refractivity (Wildman–Crippen MR) is 187 cm³/mol. The third-order valence-corrected chi connectivity index (χ3v) is 8.57. The quantitative estimate of drug-likeness (QED) is 0.205. The highest BCUT2D eigenvalue weighted by molar-refractivity contribution is 5.96. The molecule has 216 valence electrons. The van der Waals surface area contributed by atoms with Crippen molar-refractivity contribution < 1.29 is 0 Å². The molecule has 0 spiro atoms. The molecule has 2 aromatic heterocycles. The summed E-state index contributed by atoms with van der Waals surface area (Å²) in [5.74, 6) is 1.30. The molecule has 0 radical (unpaired) electrons. The van der Waals surface area contributed by atoms with Crippen molar-refractivity contribution in [3.05, 3.63) is 164 Å². The van der Waals surface area contributed by atoms with Gasteiger partial charge in [-0.15, -0.1) is 0 Å². The lowest BCUT2D eigenvalue weighted by Gasteiger charge is -2.23. The molecule has 0 amide bonds. The number of fused-ring (bicyclic) bond motifs is 7. The minimum Gasteiger partial charge on any atom is -0.277 e. The largest absolute Gasteiger partial charge is 0.277 e. The van der Waals surface area contributed by atoms with Crippen LogP contribution in [0.4, 0.5) is 17.6 Å². The lowest BCUT2D eigenvalue weighted by atomic mass is 10.0. The number of para-hydroxylation sites is 4. The van der Waals surface area contributed by atoms with E-state index in [1.807, 2.05) is 30.3 Å². The van der Waals surface area contributed by atoms with Crippen molar-refractivity contribution in [2.45, 2.75) is 0 Å². The average Bonchev–Trinajstić information content (AvgIpc) is 3.46. The molecule has 3 heterocycles. The van der Waals surface area contributed by atoms with Gasteiger partial charge < -0.3 is 0 Å². The lowest BCUT2D eigenvalue weighted by Crippen LogP contribution is -2.17. The standard InChI is InChI=1S/C41H27N5/c1-3-14-28(15-4-1)30-18-13-19-31(26-30)36-27-35(29-16-5-2-6-17-29)42-40(43-36)46-38-24-11-8-21-33(38)32-20-7-10-23-37(32)45-39-25-12-9-22-34(39)44-41(45)46/h1-27H. The summed E-state index contributed by atoms with van der Waals surface area (Å²) >= 11 is 0. The lowest BCUT2D eigenvalue weighted by molar-refractivity contribution is 0.999. The zero-order chi connectivity index (χ0) is 30.5. The van der Waals surface area contributed by atoms with Gasteiger partial charge in [0.2, 0.25) is 11.9 Å². The zero-order valence-electron chi connectivity index (χ0n) is 24.8. The molecular formula is C41H27N5. The second-order valence-electron chi connectivity index (χ2n) is 11.4. The van der Waals surface area contributed by atoms with E-state index in [1.54, 1.807) is 0 Å². The van der Waals surface area contributed by atoms with Crippen molar-refractivity contribution in [2.24, 2.45) is 0 Å². The number of nitrogens with zero attached hydrogens (tertiary/aromatic N) is 5. The molecule has 0 aliphatic carbocycles. The van der Waals surface area contributed by atoms with Crippen molar-refractivity contribution in [1.29, 1.82) is 0 Å². The molecule has 0 unspecified atom stereocenters. The van der Waals surface area contributed by atoms with Gasteiger partial charge in [-0.2, -0.15) is 0 Å². The van der Waals surface area contributed by atoms with Crippen LogP contribution in [-0.4, -0.2) is 19.5 Å². The van der Waals surface area contributed by atoms with Gasteiger partial charge in [-0.1, -0.05) is 127 Å². The van der Waals surface area contributed by atoms with Gasteiger partial charge in [-0.25, -0.2) is 19.9 Å². The third kappa shape index (κ3) is 4.29. The maximum atomic E-state index is 5.32. The Bertz CT molecular complexity index is 2380. The number of anilines is 3. The second-order valence-corrected chi connectivity index (χ2v) is 11.4. The van der Waals surface area contributed by atoms with E-state index >= 15 is 0 Å². The first kappa shape index (κ1) is 26.1. The third-order valence-electron chi connectivity index (χ3n) is 8.57. The molecule has 0 bridgehead atoms. The molecule has 46 heavy (non-hydrogen) atoms. The summed E-state index contributed by atoms with van der Waals surface area (Å²) in [6.07, 6.45) is 0.